The average Bonchev–Trinajstić information content (AvgIpc) is 3.26. The van der Waals surface area contributed by atoms with Crippen LogP contribution in [0.25, 0.3) is 97.7 Å². The molecule has 0 bridgehead atoms. The van der Waals surface area contributed by atoms with Gasteiger partial charge in [-0.05, 0) is 94.2 Å². The van der Waals surface area contributed by atoms with Crippen molar-refractivity contribution in [1.82, 2.24) is 0 Å². The monoisotopic (exact) mass is 714 g/mol. The van der Waals surface area contributed by atoms with Crippen molar-refractivity contribution in [2.45, 2.75) is 0 Å². The van der Waals surface area contributed by atoms with Crippen LogP contribution in [0.2, 0.25) is 0 Å². The first kappa shape index (κ1) is 28.1. The molecule has 0 saturated heterocycles. The molecule has 12 aromatic rings. The van der Waals surface area contributed by atoms with E-state index in [1.807, 2.05) is 0 Å². The van der Waals surface area contributed by atoms with Crippen LogP contribution in [0.3, 0.4) is 0 Å². The first-order valence-electron chi connectivity index (χ1n) is 20.1. The molecule has 4 aliphatic rings. The van der Waals surface area contributed by atoms with Crippen molar-refractivity contribution < 1.29 is 0 Å². The van der Waals surface area contributed by atoms with Crippen molar-refractivity contribution in [3.8, 4) is 22.3 Å². The number of benzene rings is 12. The second-order valence-corrected chi connectivity index (χ2v) is 16.7. The molecular weight excluding hydrogens is 687 g/mol. The zero-order chi connectivity index (χ0) is 36.4. The van der Waals surface area contributed by atoms with E-state index in [2.05, 4.69) is 174 Å². The van der Waals surface area contributed by atoms with Gasteiger partial charge in [-0.25, -0.2) is 0 Å². The van der Waals surface area contributed by atoms with Gasteiger partial charge in [0.1, 0.15) is 0 Å². The Morgan fingerprint density at radius 1 is 0.298 bits per heavy atom. The van der Waals surface area contributed by atoms with E-state index < -0.39 is 0 Å². The lowest BCUT2D eigenvalue weighted by molar-refractivity contribution is 1.27. The van der Waals surface area contributed by atoms with Crippen molar-refractivity contribution in [2.24, 2.45) is 0 Å². The number of anilines is 6. The van der Waals surface area contributed by atoms with E-state index in [9.17, 15) is 0 Å². The molecular formula is C54H27BN2. The quantitative estimate of drug-likeness (QED) is 0.114. The van der Waals surface area contributed by atoms with E-state index in [0.717, 1.165) is 0 Å². The highest BCUT2D eigenvalue weighted by molar-refractivity contribution is 7.01. The largest absolute Gasteiger partial charge is 0.310 e. The average molecular weight is 715 g/mol. The lowest BCUT2D eigenvalue weighted by Crippen LogP contribution is -2.62. The van der Waals surface area contributed by atoms with E-state index in [4.69, 9.17) is 0 Å². The molecule has 16 rings (SSSR count). The summed E-state index contributed by atoms with van der Waals surface area (Å²) in [5.74, 6) is 0. The fourth-order valence-electron chi connectivity index (χ4n) is 12.2. The highest BCUT2D eigenvalue weighted by Crippen LogP contribution is 2.59. The van der Waals surface area contributed by atoms with Crippen LogP contribution >= 0.6 is 0 Å². The summed E-state index contributed by atoms with van der Waals surface area (Å²) in [6, 6.07) is 63.1. The molecule has 2 nitrogen and oxygen atoms in total. The predicted molar refractivity (Wildman–Crippen MR) is 243 cm³/mol. The highest BCUT2D eigenvalue weighted by Gasteiger charge is 2.48. The Morgan fingerprint density at radius 2 is 0.772 bits per heavy atom. The van der Waals surface area contributed by atoms with Crippen LogP contribution in [0.5, 0.6) is 0 Å². The van der Waals surface area contributed by atoms with Gasteiger partial charge in [-0.1, -0.05) is 146 Å². The third kappa shape index (κ3) is 3.01. The van der Waals surface area contributed by atoms with Gasteiger partial charge in [0.25, 0.3) is 6.71 Å². The van der Waals surface area contributed by atoms with Crippen LogP contribution in [-0.4, -0.2) is 6.71 Å². The van der Waals surface area contributed by atoms with E-state index >= 15 is 0 Å². The Labute approximate surface area is 327 Å². The van der Waals surface area contributed by atoms with Gasteiger partial charge in [0.05, 0.1) is 17.1 Å². The summed E-state index contributed by atoms with van der Waals surface area (Å²) in [6.07, 6.45) is 0. The van der Waals surface area contributed by atoms with Crippen molar-refractivity contribution in [1.29, 1.82) is 0 Å². The van der Waals surface area contributed by atoms with Crippen molar-refractivity contribution in [3.05, 3.63) is 164 Å². The van der Waals surface area contributed by atoms with Crippen LogP contribution in [0.15, 0.2) is 164 Å². The number of rotatable bonds is 0. The molecule has 256 valence electrons. The van der Waals surface area contributed by atoms with Crippen LogP contribution < -0.4 is 26.2 Å². The molecule has 0 atom stereocenters. The minimum absolute atomic E-state index is 0.0624. The fourth-order valence-corrected chi connectivity index (χ4v) is 12.2. The molecule has 4 aliphatic heterocycles. The third-order valence-corrected chi connectivity index (χ3v) is 14.3. The van der Waals surface area contributed by atoms with Gasteiger partial charge >= 0.3 is 0 Å². The minimum Gasteiger partial charge on any atom is -0.310 e. The summed E-state index contributed by atoms with van der Waals surface area (Å²) in [5.41, 5.74) is 17.2. The summed E-state index contributed by atoms with van der Waals surface area (Å²) in [4.78, 5) is 5.36. The van der Waals surface area contributed by atoms with Gasteiger partial charge in [0.15, 0.2) is 0 Å². The van der Waals surface area contributed by atoms with Gasteiger partial charge in [0.2, 0.25) is 0 Å². The highest BCUT2D eigenvalue weighted by atomic mass is 15.2. The van der Waals surface area contributed by atoms with Crippen LogP contribution in [0, 0.1) is 0 Å². The Balaban J connectivity index is 1.12. The molecule has 0 unspecified atom stereocenters. The number of fused-ring (bicyclic) bond motifs is 10. The van der Waals surface area contributed by atoms with E-state index in [1.165, 1.54) is 148 Å². The van der Waals surface area contributed by atoms with Crippen LogP contribution in [-0.2, 0) is 0 Å². The van der Waals surface area contributed by atoms with Crippen molar-refractivity contribution >= 4 is 133 Å². The predicted octanol–water partition coefficient (Wildman–Crippen LogP) is 12.7. The zero-order valence-corrected chi connectivity index (χ0v) is 30.6. The Bertz CT molecular complexity index is 3890. The Morgan fingerprint density at radius 3 is 1.40 bits per heavy atom. The lowest BCUT2D eigenvalue weighted by atomic mass is 9.33. The molecule has 0 amide bonds. The molecule has 57 heavy (non-hydrogen) atoms. The standard InChI is InChI=1S/C54H27BN2/c1-2-12-35-32(7-1)25-44-51-54(35)57-43-27-34-11-4-9-29-18-20-31-22-24-37(50(43)48(31)46(29)34)39-14-6-16-41(53(39)57)55(51)40-15-5-13-38-36-23-21-30-19-17-28-8-3-10-33-26-42(56(44)52(38)40)49(36)47(30)45(28)33/h1-27H. The third-order valence-electron chi connectivity index (χ3n) is 14.3. The number of hydrogen-bond acceptors (Lipinski definition) is 2. The van der Waals surface area contributed by atoms with Crippen molar-refractivity contribution in [2.75, 3.05) is 9.80 Å². The summed E-state index contributed by atoms with van der Waals surface area (Å²) in [6.45, 7) is 0.0624. The summed E-state index contributed by atoms with van der Waals surface area (Å²) in [5, 5.41) is 18.5. The Kier molecular flexibility index (Phi) is 4.53. The number of nitrogens with zero attached hydrogens (tertiary/aromatic N) is 2. The second-order valence-electron chi connectivity index (χ2n) is 16.7. The van der Waals surface area contributed by atoms with E-state index in [1.54, 1.807) is 0 Å². The molecule has 4 heterocycles. The SMILES string of the molecule is c1cc2c3c(c1)-c1ccc4ccc5cccc6cc(c1c4c56)N3c1cc3ccccc3c3c1B2c1cccc2c1N3c1cc3cccc4ccc5ccc-2c1c5c43. The summed E-state index contributed by atoms with van der Waals surface area (Å²) in [7, 11) is 0. The van der Waals surface area contributed by atoms with Crippen LogP contribution in [0.1, 0.15) is 0 Å². The van der Waals surface area contributed by atoms with E-state index in [-0.39, 0.29) is 6.71 Å². The maximum Gasteiger partial charge on any atom is 0.252 e. The van der Waals surface area contributed by atoms with Gasteiger partial charge in [-0.15, -0.1) is 0 Å². The van der Waals surface area contributed by atoms with Crippen LogP contribution in [0.4, 0.5) is 34.1 Å². The fraction of sp³-hybridized carbons (Fsp3) is 0. The molecule has 0 fully saturated rings. The topological polar surface area (TPSA) is 6.48 Å². The molecule has 0 aromatic heterocycles. The summed E-state index contributed by atoms with van der Waals surface area (Å²) >= 11 is 0. The Hall–Kier alpha value is -7.36. The normalized spacial score (nSPS) is 14.2. The maximum atomic E-state index is 2.69. The van der Waals surface area contributed by atoms with Crippen molar-refractivity contribution in [3.63, 3.8) is 0 Å². The smallest absolute Gasteiger partial charge is 0.252 e. The molecule has 12 aromatic carbocycles. The molecule has 0 spiro atoms. The molecule has 0 aliphatic carbocycles. The minimum atomic E-state index is 0.0624. The van der Waals surface area contributed by atoms with Gasteiger partial charge in [-0.2, -0.15) is 0 Å². The first-order valence-corrected chi connectivity index (χ1v) is 20.1. The van der Waals surface area contributed by atoms with Gasteiger partial charge in [0, 0.05) is 55.1 Å². The molecule has 0 N–H and O–H groups in total. The molecule has 0 radical (unpaired) electrons. The van der Waals surface area contributed by atoms with Gasteiger partial charge < -0.3 is 9.80 Å². The molecule has 3 heteroatoms. The van der Waals surface area contributed by atoms with Gasteiger partial charge in [-0.3, -0.25) is 0 Å². The molecule has 0 saturated carbocycles. The second kappa shape index (κ2) is 9.19. The maximum absolute atomic E-state index is 2.69. The lowest BCUT2D eigenvalue weighted by Gasteiger charge is -2.48. The van der Waals surface area contributed by atoms with E-state index in [0.29, 0.717) is 0 Å². The number of hydrogen-bond donors (Lipinski definition) is 0. The zero-order valence-electron chi connectivity index (χ0n) is 30.6. The summed E-state index contributed by atoms with van der Waals surface area (Å²) < 4.78 is 0. The number of para-hydroxylation sites is 2. The first-order chi connectivity index (χ1) is 28.3.